The van der Waals surface area contributed by atoms with Gasteiger partial charge in [0.2, 0.25) is 5.88 Å². The summed E-state index contributed by atoms with van der Waals surface area (Å²) in [6, 6.07) is 8.08. The Morgan fingerprint density at radius 2 is 1.71 bits per heavy atom. The lowest BCUT2D eigenvalue weighted by molar-refractivity contribution is 0.454. The summed E-state index contributed by atoms with van der Waals surface area (Å²) < 4.78 is 5.87. The molecule has 21 heavy (non-hydrogen) atoms. The number of rotatable bonds is 3. The van der Waals surface area contributed by atoms with Crippen LogP contribution in [0.15, 0.2) is 24.3 Å². The van der Waals surface area contributed by atoms with E-state index in [0.29, 0.717) is 17.5 Å². The Morgan fingerprint density at radius 3 is 2.24 bits per heavy atom. The average molecular weight is 285 g/mol. The van der Waals surface area contributed by atoms with Gasteiger partial charge >= 0.3 is 0 Å². The van der Waals surface area contributed by atoms with Gasteiger partial charge < -0.3 is 10.5 Å². The van der Waals surface area contributed by atoms with E-state index in [1.807, 2.05) is 26.0 Å². The van der Waals surface area contributed by atoms with Crippen LogP contribution >= 0.6 is 0 Å². The van der Waals surface area contributed by atoms with E-state index in [2.05, 4.69) is 42.9 Å². The van der Waals surface area contributed by atoms with Crippen LogP contribution in [0, 0.1) is 6.92 Å². The van der Waals surface area contributed by atoms with Gasteiger partial charge in [-0.25, -0.2) is 4.98 Å². The molecule has 0 amide bonds. The van der Waals surface area contributed by atoms with E-state index in [-0.39, 0.29) is 5.41 Å². The Kier molecular flexibility index (Phi) is 4.16. The standard InChI is InChI=1S/C17H23N3O/c1-6-14-19-15(18)11(2)16(20-14)21-13-9-7-12(8-10-13)17(3,4)5/h7-10H,6H2,1-5H3,(H2,18,19,20). The largest absolute Gasteiger partial charge is 0.439 e. The highest BCUT2D eigenvalue weighted by Gasteiger charge is 2.14. The monoisotopic (exact) mass is 285 g/mol. The van der Waals surface area contributed by atoms with Gasteiger partial charge in [-0.05, 0) is 30.0 Å². The number of benzene rings is 1. The molecule has 2 aromatic rings. The van der Waals surface area contributed by atoms with Gasteiger partial charge in [-0.15, -0.1) is 0 Å². The number of aromatic nitrogens is 2. The fraction of sp³-hybridized carbons (Fsp3) is 0.412. The fourth-order valence-electron chi connectivity index (χ4n) is 1.95. The molecule has 4 heteroatoms. The van der Waals surface area contributed by atoms with Crippen LogP contribution in [0.3, 0.4) is 0 Å². The summed E-state index contributed by atoms with van der Waals surface area (Å²) in [6.45, 7) is 10.4. The van der Waals surface area contributed by atoms with Gasteiger partial charge in [-0.1, -0.05) is 39.8 Å². The smallest absolute Gasteiger partial charge is 0.227 e. The van der Waals surface area contributed by atoms with E-state index in [4.69, 9.17) is 10.5 Å². The maximum absolute atomic E-state index is 5.90. The summed E-state index contributed by atoms with van der Waals surface area (Å²) in [5.41, 5.74) is 8.07. The molecule has 0 atom stereocenters. The molecule has 0 radical (unpaired) electrons. The van der Waals surface area contributed by atoms with Gasteiger partial charge in [0.05, 0.1) is 5.56 Å². The molecule has 2 rings (SSSR count). The van der Waals surface area contributed by atoms with Crippen molar-refractivity contribution in [3.8, 4) is 11.6 Å². The van der Waals surface area contributed by atoms with Crippen molar-refractivity contribution in [2.45, 2.75) is 46.5 Å². The van der Waals surface area contributed by atoms with Crippen molar-refractivity contribution in [1.29, 1.82) is 0 Å². The molecule has 0 saturated heterocycles. The van der Waals surface area contributed by atoms with E-state index in [1.165, 1.54) is 5.56 Å². The highest BCUT2D eigenvalue weighted by molar-refractivity contribution is 5.46. The molecule has 0 aliphatic heterocycles. The lowest BCUT2D eigenvalue weighted by Gasteiger charge is -2.19. The number of hydrogen-bond donors (Lipinski definition) is 1. The third kappa shape index (κ3) is 3.51. The quantitative estimate of drug-likeness (QED) is 0.925. The van der Waals surface area contributed by atoms with Gasteiger partial charge in [0, 0.05) is 6.42 Å². The topological polar surface area (TPSA) is 61.0 Å². The Labute approximate surface area is 126 Å². The normalized spacial score (nSPS) is 11.5. The van der Waals surface area contributed by atoms with Gasteiger partial charge in [-0.3, -0.25) is 0 Å². The molecule has 0 aliphatic carbocycles. The van der Waals surface area contributed by atoms with Gasteiger partial charge in [0.15, 0.2) is 0 Å². The summed E-state index contributed by atoms with van der Waals surface area (Å²) >= 11 is 0. The summed E-state index contributed by atoms with van der Waals surface area (Å²) in [5.74, 6) is 2.46. The van der Waals surface area contributed by atoms with Crippen LogP contribution < -0.4 is 10.5 Å². The van der Waals surface area contributed by atoms with Crippen molar-refractivity contribution in [2.24, 2.45) is 0 Å². The van der Waals surface area contributed by atoms with Crippen LogP contribution in [-0.4, -0.2) is 9.97 Å². The molecule has 1 heterocycles. The maximum Gasteiger partial charge on any atom is 0.227 e. The highest BCUT2D eigenvalue weighted by Crippen LogP contribution is 2.28. The molecular formula is C17H23N3O. The number of nitrogen functional groups attached to an aromatic ring is 1. The zero-order chi connectivity index (χ0) is 15.6. The van der Waals surface area contributed by atoms with E-state index in [9.17, 15) is 0 Å². The number of nitrogens with zero attached hydrogens (tertiary/aromatic N) is 2. The van der Waals surface area contributed by atoms with E-state index >= 15 is 0 Å². The summed E-state index contributed by atoms with van der Waals surface area (Å²) in [4.78, 5) is 8.63. The second kappa shape index (κ2) is 5.72. The first-order valence-electron chi connectivity index (χ1n) is 7.22. The zero-order valence-corrected chi connectivity index (χ0v) is 13.4. The molecule has 4 nitrogen and oxygen atoms in total. The molecule has 0 unspecified atom stereocenters. The molecule has 0 saturated carbocycles. The molecule has 0 aliphatic rings. The predicted octanol–water partition coefficient (Wildman–Crippen LogP) is 4.02. The van der Waals surface area contributed by atoms with Crippen LogP contribution in [0.2, 0.25) is 0 Å². The van der Waals surface area contributed by atoms with Crippen LogP contribution in [0.5, 0.6) is 11.6 Å². The number of nitrogens with two attached hydrogens (primary N) is 1. The third-order valence-corrected chi connectivity index (χ3v) is 3.44. The molecule has 0 spiro atoms. The Balaban J connectivity index is 2.28. The molecule has 1 aromatic heterocycles. The summed E-state index contributed by atoms with van der Waals surface area (Å²) in [7, 11) is 0. The first-order chi connectivity index (χ1) is 9.81. The minimum absolute atomic E-state index is 0.128. The minimum Gasteiger partial charge on any atom is -0.439 e. The highest BCUT2D eigenvalue weighted by atomic mass is 16.5. The SMILES string of the molecule is CCc1nc(N)c(C)c(Oc2ccc(C(C)(C)C)cc2)n1. The first kappa shape index (κ1) is 15.3. The second-order valence-corrected chi connectivity index (χ2v) is 6.19. The Hall–Kier alpha value is -2.10. The van der Waals surface area contributed by atoms with Gasteiger partial charge in [-0.2, -0.15) is 4.98 Å². The number of aryl methyl sites for hydroxylation is 1. The van der Waals surface area contributed by atoms with Crippen LogP contribution in [0.25, 0.3) is 0 Å². The molecular weight excluding hydrogens is 262 g/mol. The van der Waals surface area contributed by atoms with E-state index < -0.39 is 0 Å². The lowest BCUT2D eigenvalue weighted by atomic mass is 9.87. The van der Waals surface area contributed by atoms with E-state index in [1.54, 1.807) is 0 Å². The molecule has 0 fully saturated rings. The number of ether oxygens (including phenoxy) is 1. The summed E-state index contributed by atoms with van der Waals surface area (Å²) in [5, 5.41) is 0. The second-order valence-electron chi connectivity index (χ2n) is 6.19. The van der Waals surface area contributed by atoms with Crippen molar-refractivity contribution >= 4 is 5.82 Å². The van der Waals surface area contributed by atoms with Crippen LogP contribution in [-0.2, 0) is 11.8 Å². The van der Waals surface area contributed by atoms with Crippen molar-refractivity contribution in [3.05, 3.63) is 41.2 Å². The van der Waals surface area contributed by atoms with Crippen molar-refractivity contribution in [3.63, 3.8) is 0 Å². The molecule has 2 N–H and O–H groups in total. The summed E-state index contributed by atoms with van der Waals surface area (Å²) in [6.07, 6.45) is 0.726. The minimum atomic E-state index is 0.128. The van der Waals surface area contributed by atoms with E-state index in [0.717, 1.165) is 17.7 Å². The molecule has 0 bridgehead atoms. The lowest BCUT2D eigenvalue weighted by Crippen LogP contribution is -2.10. The van der Waals surface area contributed by atoms with Crippen molar-refractivity contribution in [1.82, 2.24) is 9.97 Å². The molecule has 112 valence electrons. The van der Waals surface area contributed by atoms with Crippen LogP contribution in [0.4, 0.5) is 5.82 Å². The molecule has 1 aromatic carbocycles. The fourth-order valence-corrected chi connectivity index (χ4v) is 1.95. The average Bonchev–Trinajstić information content (AvgIpc) is 2.43. The van der Waals surface area contributed by atoms with Gasteiger partial charge in [0.1, 0.15) is 17.4 Å². The predicted molar refractivity (Wildman–Crippen MR) is 85.8 cm³/mol. The maximum atomic E-state index is 5.90. The first-order valence-corrected chi connectivity index (χ1v) is 7.22. The Morgan fingerprint density at radius 1 is 1.10 bits per heavy atom. The third-order valence-electron chi connectivity index (χ3n) is 3.44. The van der Waals surface area contributed by atoms with Crippen LogP contribution in [0.1, 0.15) is 44.6 Å². The number of hydrogen-bond acceptors (Lipinski definition) is 4. The number of anilines is 1. The zero-order valence-electron chi connectivity index (χ0n) is 13.4. The Bertz CT molecular complexity index is 628. The van der Waals surface area contributed by atoms with Crippen molar-refractivity contribution < 1.29 is 4.74 Å². The van der Waals surface area contributed by atoms with Gasteiger partial charge in [0.25, 0.3) is 0 Å². The van der Waals surface area contributed by atoms with Crippen molar-refractivity contribution in [2.75, 3.05) is 5.73 Å².